The number of nitro benzene ring substituents is 1. The second-order valence-electron chi connectivity index (χ2n) is 6.23. The highest BCUT2D eigenvalue weighted by atomic mass is 16.7. The van der Waals surface area contributed by atoms with E-state index in [0.717, 1.165) is 5.56 Å². The smallest absolute Gasteiger partial charge is 0.337 e. The first-order valence-electron chi connectivity index (χ1n) is 8.59. The van der Waals surface area contributed by atoms with Crippen LogP contribution in [-0.4, -0.2) is 30.7 Å². The molecule has 9 nitrogen and oxygen atoms in total. The summed E-state index contributed by atoms with van der Waals surface area (Å²) in [6.07, 6.45) is 2.67. The fraction of sp³-hybridized carbons (Fsp3) is 0.200. The summed E-state index contributed by atoms with van der Waals surface area (Å²) in [4.78, 5) is 34.7. The lowest BCUT2D eigenvalue weighted by Crippen LogP contribution is -2.13. The maximum atomic E-state index is 12.4. The van der Waals surface area contributed by atoms with Gasteiger partial charge in [0.2, 0.25) is 5.91 Å². The average molecular weight is 398 g/mol. The van der Waals surface area contributed by atoms with Gasteiger partial charge >= 0.3 is 5.97 Å². The molecule has 0 unspecified atom stereocenters. The number of aryl methyl sites for hydroxylation is 1. The number of methoxy groups -OCH3 is 1. The Kier molecular flexibility index (Phi) is 5.89. The van der Waals surface area contributed by atoms with Gasteiger partial charge in [-0.3, -0.25) is 14.9 Å². The molecule has 29 heavy (non-hydrogen) atoms. The highest BCUT2D eigenvalue weighted by molar-refractivity contribution is 6.03. The van der Waals surface area contributed by atoms with E-state index in [1.165, 1.54) is 37.5 Å². The summed E-state index contributed by atoms with van der Waals surface area (Å²) in [5.41, 5.74) is 2.32. The van der Waals surface area contributed by atoms with Crippen LogP contribution in [0.1, 0.15) is 27.0 Å². The first kappa shape index (κ1) is 20.0. The minimum absolute atomic E-state index is 0.0252. The molecule has 0 radical (unpaired) electrons. The van der Waals surface area contributed by atoms with Crippen LogP contribution >= 0.6 is 0 Å². The number of benzene rings is 2. The van der Waals surface area contributed by atoms with Crippen LogP contribution in [0.15, 0.2) is 36.4 Å². The molecular formula is C20H18N2O7. The molecule has 0 aliphatic carbocycles. The lowest BCUT2D eigenvalue weighted by molar-refractivity contribution is -0.385. The quantitative estimate of drug-likeness (QED) is 0.356. The van der Waals surface area contributed by atoms with E-state index in [4.69, 9.17) is 9.47 Å². The Morgan fingerprint density at radius 1 is 1.28 bits per heavy atom. The third-order valence-corrected chi connectivity index (χ3v) is 4.27. The summed E-state index contributed by atoms with van der Waals surface area (Å²) in [6.45, 7) is 1.99. The SMILES string of the molecule is COC(=O)c1ccc(C)c(NC(=O)/C=C/c2cc([N+](=O)[O-])cc3c2OCOC3)c1. The van der Waals surface area contributed by atoms with Gasteiger partial charge in [-0.15, -0.1) is 0 Å². The lowest BCUT2D eigenvalue weighted by Gasteiger charge is -2.19. The van der Waals surface area contributed by atoms with Gasteiger partial charge in [-0.1, -0.05) is 6.07 Å². The second-order valence-corrected chi connectivity index (χ2v) is 6.23. The van der Waals surface area contributed by atoms with Crippen LogP contribution in [0.2, 0.25) is 0 Å². The van der Waals surface area contributed by atoms with Crippen molar-refractivity contribution in [3.05, 3.63) is 68.8 Å². The summed E-state index contributed by atoms with van der Waals surface area (Å²) in [7, 11) is 1.27. The van der Waals surface area contributed by atoms with Gasteiger partial charge in [0.25, 0.3) is 5.69 Å². The molecule has 9 heteroatoms. The largest absolute Gasteiger partial charge is 0.467 e. The van der Waals surface area contributed by atoms with Crippen molar-refractivity contribution < 1.29 is 28.7 Å². The summed E-state index contributed by atoms with van der Waals surface area (Å²) in [6, 6.07) is 7.52. The van der Waals surface area contributed by atoms with Gasteiger partial charge < -0.3 is 19.5 Å². The topological polar surface area (TPSA) is 117 Å². The van der Waals surface area contributed by atoms with E-state index in [0.29, 0.717) is 28.1 Å². The molecule has 2 aromatic carbocycles. The number of amides is 1. The first-order valence-corrected chi connectivity index (χ1v) is 8.59. The fourth-order valence-corrected chi connectivity index (χ4v) is 2.80. The van der Waals surface area contributed by atoms with E-state index in [-0.39, 0.29) is 19.1 Å². The van der Waals surface area contributed by atoms with Gasteiger partial charge in [-0.05, 0) is 30.7 Å². The molecule has 0 atom stereocenters. The number of non-ortho nitro benzene ring substituents is 1. The van der Waals surface area contributed by atoms with E-state index < -0.39 is 16.8 Å². The molecule has 1 heterocycles. The second kappa shape index (κ2) is 8.53. The molecule has 150 valence electrons. The van der Waals surface area contributed by atoms with Crippen molar-refractivity contribution in [1.82, 2.24) is 0 Å². The van der Waals surface area contributed by atoms with Crippen molar-refractivity contribution >= 4 is 29.3 Å². The van der Waals surface area contributed by atoms with Gasteiger partial charge in [-0.2, -0.15) is 0 Å². The molecule has 1 aliphatic heterocycles. The number of esters is 1. The van der Waals surface area contributed by atoms with Gasteiger partial charge in [0.15, 0.2) is 6.79 Å². The highest BCUT2D eigenvalue weighted by Crippen LogP contribution is 2.33. The van der Waals surface area contributed by atoms with Gasteiger partial charge in [0.1, 0.15) is 5.75 Å². The van der Waals surface area contributed by atoms with E-state index in [1.807, 2.05) is 0 Å². The summed E-state index contributed by atoms with van der Waals surface area (Å²) in [5, 5.41) is 13.8. The Balaban J connectivity index is 1.84. The zero-order chi connectivity index (χ0) is 21.0. The number of ether oxygens (including phenoxy) is 3. The number of carbonyl (C=O) groups excluding carboxylic acids is 2. The molecule has 0 aromatic heterocycles. The van der Waals surface area contributed by atoms with Crippen molar-refractivity contribution in [2.24, 2.45) is 0 Å². The normalized spacial score (nSPS) is 12.8. The Hall–Kier alpha value is -3.72. The van der Waals surface area contributed by atoms with Crippen molar-refractivity contribution in [2.45, 2.75) is 13.5 Å². The number of hydrogen-bond acceptors (Lipinski definition) is 7. The molecule has 0 fully saturated rings. The molecule has 0 saturated heterocycles. The van der Waals surface area contributed by atoms with Crippen LogP contribution in [0.3, 0.4) is 0 Å². The van der Waals surface area contributed by atoms with Crippen LogP contribution in [-0.2, 0) is 20.9 Å². The maximum Gasteiger partial charge on any atom is 0.337 e. The molecular weight excluding hydrogens is 380 g/mol. The summed E-state index contributed by atoms with van der Waals surface area (Å²) in [5.74, 6) is -0.546. The number of nitrogens with one attached hydrogen (secondary N) is 1. The first-order chi connectivity index (χ1) is 13.9. The van der Waals surface area contributed by atoms with Crippen LogP contribution in [0.5, 0.6) is 5.75 Å². The minimum Gasteiger partial charge on any atom is -0.467 e. The van der Waals surface area contributed by atoms with E-state index in [9.17, 15) is 19.7 Å². The summed E-state index contributed by atoms with van der Waals surface area (Å²) >= 11 is 0. The molecule has 0 spiro atoms. The van der Waals surface area contributed by atoms with Crippen molar-refractivity contribution in [3.63, 3.8) is 0 Å². The molecule has 2 aromatic rings. The molecule has 0 saturated carbocycles. The van der Waals surface area contributed by atoms with E-state index in [1.54, 1.807) is 19.1 Å². The fourth-order valence-electron chi connectivity index (χ4n) is 2.80. The summed E-state index contributed by atoms with van der Waals surface area (Å²) < 4.78 is 15.3. The number of nitrogens with zero attached hydrogens (tertiary/aromatic N) is 1. The van der Waals surface area contributed by atoms with Crippen LogP contribution in [0.4, 0.5) is 11.4 Å². The Labute approximate surface area is 166 Å². The number of hydrogen-bond donors (Lipinski definition) is 1. The van der Waals surface area contributed by atoms with E-state index in [2.05, 4.69) is 10.1 Å². The monoisotopic (exact) mass is 398 g/mol. The Morgan fingerprint density at radius 2 is 2.07 bits per heavy atom. The van der Waals surface area contributed by atoms with Crippen molar-refractivity contribution in [1.29, 1.82) is 0 Å². The zero-order valence-electron chi connectivity index (χ0n) is 15.8. The van der Waals surface area contributed by atoms with Crippen molar-refractivity contribution in [2.75, 3.05) is 19.2 Å². The van der Waals surface area contributed by atoms with Crippen LogP contribution in [0, 0.1) is 17.0 Å². The predicted molar refractivity (Wildman–Crippen MR) is 104 cm³/mol. The van der Waals surface area contributed by atoms with Crippen molar-refractivity contribution in [3.8, 4) is 5.75 Å². The number of carbonyl (C=O) groups is 2. The maximum absolute atomic E-state index is 12.4. The van der Waals surface area contributed by atoms with E-state index >= 15 is 0 Å². The van der Waals surface area contributed by atoms with Gasteiger partial charge in [0, 0.05) is 35.0 Å². The number of nitro groups is 1. The highest BCUT2D eigenvalue weighted by Gasteiger charge is 2.20. The zero-order valence-corrected chi connectivity index (χ0v) is 15.8. The lowest BCUT2D eigenvalue weighted by atomic mass is 10.1. The minimum atomic E-state index is -0.520. The Morgan fingerprint density at radius 3 is 2.79 bits per heavy atom. The van der Waals surface area contributed by atoms with Gasteiger partial charge in [-0.25, -0.2) is 4.79 Å². The molecule has 1 amide bonds. The number of fused-ring (bicyclic) bond motifs is 1. The Bertz CT molecular complexity index is 1010. The molecule has 3 rings (SSSR count). The average Bonchev–Trinajstić information content (AvgIpc) is 2.72. The predicted octanol–water partition coefficient (Wildman–Crippen LogP) is 3.21. The standard InChI is InChI=1S/C20H18N2O7/c1-12-3-4-14(20(24)27-2)9-17(12)21-18(23)6-5-13-7-16(22(25)26)8-15-10-28-11-29-19(13)15/h3-9H,10-11H2,1-2H3,(H,21,23)/b6-5+. The molecule has 0 bridgehead atoms. The molecule has 1 aliphatic rings. The number of anilines is 1. The third kappa shape index (κ3) is 4.58. The third-order valence-electron chi connectivity index (χ3n) is 4.27. The number of rotatable bonds is 5. The van der Waals surface area contributed by atoms with Crippen LogP contribution in [0.25, 0.3) is 6.08 Å². The van der Waals surface area contributed by atoms with Crippen LogP contribution < -0.4 is 10.1 Å². The molecule has 1 N–H and O–H groups in total. The van der Waals surface area contributed by atoms with Gasteiger partial charge in [0.05, 0.1) is 24.2 Å².